The number of benzene rings is 1. The van der Waals surface area contributed by atoms with Crippen LogP contribution in [0.3, 0.4) is 0 Å². The molecular formula is C12H9ClFNS. The molecule has 0 bridgehead atoms. The van der Waals surface area contributed by atoms with Crippen molar-refractivity contribution in [3.63, 3.8) is 0 Å². The summed E-state index contributed by atoms with van der Waals surface area (Å²) in [6.45, 7) is 0. The van der Waals surface area contributed by atoms with E-state index in [0.29, 0.717) is 5.69 Å². The Labute approximate surface area is 102 Å². The first kappa shape index (κ1) is 10.1. The van der Waals surface area contributed by atoms with E-state index in [1.165, 1.54) is 6.07 Å². The predicted octanol–water partition coefficient (Wildman–Crippen LogP) is 4.25. The summed E-state index contributed by atoms with van der Waals surface area (Å²) in [5, 5.41) is 3.21. The van der Waals surface area contributed by atoms with Gasteiger partial charge in [0.05, 0.1) is 16.1 Å². The van der Waals surface area contributed by atoms with E-state index in [0.717, 1.165) is 21.2 Å². The average Bonchev–Trinajstić information content (AvgIpc) is 2.84. The van der Waals surface area contributed by atoms with E-state index < -0.39 is 0 Å². The third-order valence-corrected chi connectivity index (χ3v) is 4.12. The number of para-hydroxylation sites is 1. The quantitative estimate of drug-likeness (QED) is 0.801. The summed E-state index contributed by atoms with van der Waals surface area (Å²) in [6.07, 6.45) is 0.823. The Morgan fingerprint density at radius 3 is 2.88 bits per heavy atom. The van der Waals surface area contributed by atoms with Gasteiger partial charge in [0.15, 0.2) is 0 Å². The molecule has 1 aromatic carbocycles. The lowest BCUT2D eigenvalue weighted by Crippen LogP contribution is -2.03. The number of rotatable bonds is 1. The van der Waals surface area contributed by atoms with Crippen LogP contribution >= 0.6 is 22.9 Å². The van der Waals surface area contributed by atoms with Crippen LogP contribution in [0, 0.1) is 5.82 Å². The van der Waals surface area contributed by atoms with Crippen molar-refractivity contribution in [2.75, 3.05) is 5.32 Å². The SMILES string of the molecule is Fc1cccc2c1NC(c1ccc(Cl)s1)C2. The Morgan fingerprint density at radius 2 is 2.19 bits per heavy atom. The maximum absolute atomic E-state index is 13.5. The molecule has 1 unspecified atom stereocenters. The van der Waals surface area contributed by atoms with E-state index >= 15 is 0 Å². The maximum atomic E-state index is 13.5. The van der Waals surface area contributed by atoms with Gasteiger partial charge in [-0.05, 0) is 30.2 Å². The Hall–Kier alpha value is -1.06. The maximum Gasteiger partial charge on any atom is 0.146 e. The minimum absolute atomic E-state index is 0.157. The van der Waals surface area contributed by atoms with E-state index in [4.69, 9.17) is 11.6 Å². The van der Waals surface area contributed by atoms with Crippen LogP contribution in [0.1, 0.15) is 16.5 Å². The number of hydrogen-bond acceptors (Lipinski definition) is 2. The fourth-order valence-electron chi connectivity index (χ4n) is 2.03. The van der Waals surface area contributed by atoms with Gasteiger partial charge in [-0.15, -0.1) is 11.3 Å². The van der Waals surface area contributed by atoms with Crippen molar-refractivity contribution in [2.45, 2.75) is 12.5 Å². The van der Waals surface area contributed by atoms with Crippen molar-refractivity contribution in [1.29, 1.82) is 0 Å². The first-order valence-electron chi connectivity index (χ1n) is 5.03. The first-order chi connectivity index (χ1) is 7.74. The van der Waals surface area contributed by atoms with Crippen LogP contribution in [0.25, 0.3) is 0 Å². The van der Waals surface area contributed by atoms with Crippen LogP contribution < -0.4 is 5.32 Å². The van der Waals surface area contributed by atoms with Gasteiger partial charge in [-0.25, -0.2) is 4.39 Å². The molecule has 1 aliphatic rings. The summed E-state index contributed by atoms with van der Waals surface area (Å²) >= 11 is 7.44. The van der Waals surface area contributed by atoms with Crippen LogP contribution in [-0.2, 0) is 6.42 Å². The smallest absolute Gasteiger partial charge is 0.146 e. The monoisotopic (exact) mass is 253 g/mol. The van der Waals surface area contributed by atoms with Gasteiger partial charge in [0.1, 0.15) is 5.82 Å². The molecule has 0 fully saturated rings. The number of nitrogens with one attached hydrogen (secondary N) is 1. The molecule has 16 heavy (non-hydrogen) atoms. The van der Waals surface area contributed by atoms with Gasteiger partial charge in [-0.2, -0.15) is 0 Å². The van der Waals surface area contributed by atoms with Crippen molar-refractivity contribution in [3.05, 3.63) is 50.9 Å². The number of thiophene rings is 1. The fraction of sp³-hybridized carbons (Fsp3) is 0.167. The average molecular weight is 254 g/mol. The lowest BCUT2D eigenvalue weighted by atomic mass is 10.1. The van der Waals surface area contributed by atoms with Crippen molar-refractivity contribution in [1.82, 2.24) is 0 Å². The van der Waals surface area contributed by atoms with Crippen LogP contribution in [0.5, 0.6) is 0 Å². The lowest BCUT2D eigenvalue weighted by molar-refractivity contribution is 0.631. The Morgan fingerprint density at radius 1 is 1.31 bits per heavy atom. The second kappa shape index (κ2) is 3.75. The standard InChI is InChI=1S/C12H9ClFNS/c13-11-5-4-10(16-11)9-6-7-2-1-3-8(14)12(7)15-9/h1-5,9,15H,6H2. The molecule has 2 heterocycles. The molecule has 0 spiro atoms. The minimum atomic E-state index is -0.178. The van der Waals surface area contributed by atoms with Crippen LogP contribution in [0.4, 0.5) is 10.1 Å². The largest absolute Gasteiger partial charge is 0.374 e. The minimum Gasteiger partial charge on any atom is -0.374 e. The molecule has 1 N–H and O–H groups in total. The van der Waals surface area contributed by atoms with Crippen LogP contribution in [-0.4, -0.2) is 0 Å². The molecule has 0 aliphatic carbocycles. The van der Waals surface area contributed by atoms with Crippen molar-refractivity contribution >= 4 is 28.6 Å². The first-order valence-corrected chi connectivity index (χ1v) is 6.22. The molecule has 4 heteroatoms. The zero-order valence-electron chi connectivity index (χ0n) is 8.34. The molecule has 1 aliphatic heterocycles. The van der Waals surface area contributed by atoms with Gasteiger partial charge in [0, 0.05) is 4.88 Å². The summed E-state index contributed by atoms with van der Waals surface area (Å²) in [7, 11) is 0. The molecule has 0 amide bonds. The summed E-state index contributed by atoms with van der Waals surface area (Å²) in [5.74, 6) is -0.178. The van der Waals surface area contributed by atoms with Gasteiger partial charge in [0.2, 0.25) is 0 Å². The third-order valence-electron chi connectivity index (χ3n) is 2.78. The number of anilines is 1. The molecule has 3 rings (SSSR count). The van der Waals surface area contributed by atoms with E-state index in [1.54, 1.807) is 17.4 Å². The van der Waals surface area contributed by atoms with E-state index in [1.807, 2.05) is 18.2 Å². The van der Waals surface area contributed by atoms with Gasteiger partial charge in [-0.3, -0.25) is 0 Å². The van der Waals surface area contributed by atoms with Crippen molar-refractivity contribution in [3.8, 4) is 0 Å². The number of hydrogen-bond donors (Lipinski definition) is 1. The summed E-state index contributed by atoms with van der Waals surface area (Å²) < 4.78 is 14.3. The third kappa shape index (κ3) is 1.60. The highest BCUT2D eigenvalue weighted by Gasteiger charge is 2.25. The highest BCUT2D eigenvalue weighted by atomic mass is 35.5. The molecule has 0 saturated carbocycles. The number of fused-ring (bicyclic) bond motifs is 1. The van der Waals surface area contributed by atoms with E-state index in [9.17, 15) is 4.39 Å². The molecule has 2 aromatic rings. The molecule has 0 radical (unpaired) electrons. The van der Waals surface area contributed by atoms with Crippen molar-refractivity contribution in [2.24, 2.45) is 0 Å². The lowest BCUT2D eigenvalue weighted by Gasteiger charge is -2.08. The van der Waals surface area contributed by atoms with E-state index in [-0.39, 0.29) is 11.9 Å². The van der Waals surface area contributed by atoms with Gasteiger partial charge in [-0.1, -0.05) is 23.7 Å². The molecule has 82 valence electrons. The second-order valence-electron chi connectivity index (χ2n) is 3.82. The van der Waals surface area contributed by atoms with Crippen LogP contribution in [0.15, 0.2) is 30.3 Å². The Balaban J connectivity index is 1.93. The molecule has 1 nitrogen and oxygen atoms in total. The highest BCUT2D eigenvalue weighted by molar-refractivity contribution is 7.16. The Kier molecular flexibility index (Phi) is 2.37. The highest BCUT2D eigenvalue weighted by Crippen LogP contribution is 2.38. The van der Waals surface area contributed by atoms with Gasteiger partial charge >= 0.3 is 0 Å². The van der Waals surface area contributed by atoms with E-state index in [2.05, 4.69) is 5.32 Å². The Bertz CT molecular complexity index is 538. The van der Waals surface area contributed by atoms with Crippen LogP contribution in [0.2, 0.25) is 4.34 Å². The van der Waals surface area contributed by atoms with Gasteiger partial charge in [0.25, 0.3) is 0 Å². The fourth-order valence-corrected chi connectivity index (χ4v) is 3.15. The summed E-state index contributed by atoms with van der Waals surface area (Å²) in [6, 6.07) is 9.22. The van der Waals surface area contributed by atoms with Gasteiger partial charge < -0.3 is 5.32 Å². The summed E-state index contributed by atoms with van der Waals surface area (Å²) in [5.41, 5.74) is 1.67. The zero-order valence-corrected chi connectivity index (χ0v) is 9.91. The number of halogens is 2. The molecule has 1 aromatic heterocycles. The molecule has 1 atom stereocenters. The predicted molar refractivity (Wildman–Crippen MR) is 65.8 cm³/mol. The summed E-state index contributed by atoms with van der Waals surface area (Å²) in [4.78, 5) is 1.15. The zero-order chi connectivity index (χ0) is 11.1. The molecule has 0 saturated heterocycles. The second-order valence-corrected chi connectivity index (χ2v) is 5.56. The molecular weight excluding hydrogens is 245 g/mol. The normalized spacial score (nSPS) is 18.2. The van der Waals surface area contributed by atoms with Crippen molar-refractivity contribution < 1.29 is 4.39 Å². The topological polar surface area (TPSA) is 12.0 Å².